The molecule has 0 saturated heterocycles. The molecule has 0 fully saturated rings. The van der Waals surface area contributed by atoms with Gasteiger partial charge in [-0.1, -0.05) is 6.92 Å². The van der Waals surface area contributed by atoms with E-state index in [0.29, 0.717) is 12.2 Å². The Morgan fingerprint density at radius 3 is 2.76 bits per heavy atom. The number of nitrogen functional groups attached to an aromatic ring is 1. The Labute approximate surface area is 122 Å². The van der Waals surface area contributed by atoms with Crippen molar-refractivity contribution in [3.05, 3.63) is 41.4 Å². The van der Waals surface area contributed by atoms with E-state index in [2.05, 4.69) is 9.71 Å². The van der Waals surface area contributed by atoms with Crippen LogP contribution < -0.4 is 10.5 Å². The zero-order valence-electron chi connectivity index (χ0n) is 11.7. The molecule has 3 N–H and O–H groups in total. The van der Waals surface area contributed by atoms with Gasteiger partial charge in [0.25, 0.3) is 0 Å². The molecule has 8 heteroatoms. The number of halogens is 1. The zero-order valence-corrected chi connectivity index (χ0v) is 12.5. The summed E-state index contributed by atoms with van der Waals surface area (Å²) < 4.78 is 45.4. The van der Waals surface area contributed by atoms with Crippen molar-refractivity contribution in [2.75, 3.05) is 5.73 Å². The van der Waals surface area contributed by atoms with E-state index in [1.54, 1.807) is 6.20 Å². The van der Waals surface area contributed by atoms with Crippen LogP contribution in [0.25, 0.3) is 0 Å². The Bertz CT molecular complexity index is 756. The van der Waals surface area contributed by atoms with E-state index in [1.165, 1.54) is 6.92 Å². The van der Waals surface area contributed by atoms with Crippen LogP contribution in [-0.4, -0.2) is 13.4 Å². The second-order valence-electron chi connectivity index (χ2n) is 4.54. The molecule has 6 nitrogen and oxygen atoms in total. The van der Waals surface area contributed by atoms with E-state index < -0.39 is 15.8 Å². The largest absolute Gasteiger partial charge is 0.444 e. The van der Waals surface area contributed by atoms with Crippen molar-refractivity contribution in [2.24, 2.45) is 0 Å². The molecular weight excluding hydrogens is 297 g/mol. The Balaban J connectivity index is 2.20. The number of hydrogen-bond acceptors (Lipinski definition) is 5. The highest BCUT2D eigenvalue weighted by molar-refractivity contribution is 7.89. The number of anilines is 1. The summed E-state index contributed by atoms with van der Waals surface area (Å²) in [5, 5.41) is 0. The maximum Gasteiger partial charge on any atom is 0.241 e. The van der Waals surface area contributed by atoms with E-state index in [1.807, 2.05) is 6.92 Å². The van der Waals surface area contributed by atoms with Crippen molar-refractivity contribution in [1.82, 2.24) is 9.71 Å². The average molecular weight is 313 g/mol. The molecular formula is C13H16FN3O3S. The molecule has 114 valence electrons. The number of oxazole rings is 1. The Morgan fingerprint density at radius 2 is 2.14 bits per heavy atom. The Hall–Kier alpha value is -1.93. The predicted molar refractivity (Wildman–Crippen MR) is 75.5 cm³/mol. The molecule has 0 atom stereocenters. The molecule has 0 spiro atoms. The number of aromatic nitrogens is 1. The predicted octanol–water partition coefficient (Wildman–Crippen LogP) is 1.75. The van der Waals surface area contributed by atoms with Gasteiger partial charge in [0.05, 0.1) is 23.3 Å². The van der Waals surface area contributed by atoms with Gasteiger partial charge in [-0.15, -0.1) is 0 Å². The van der Waals surface area contributed by atoms with Crippen molar-refractivity contribution in [3.8, 4) is 0 Å². The van der Waals surface area contributed by atoms with Crippen molar-refractivity contribution in [2.45, 2.75) is 31.7 Å². The number of hydrogen-bond donors (Lipinski definition) is 2. The number of nitrogens with one attached hydrogen (secondary N) is 1. The standard InChI is InChI=1S/C13H16FN3O3S/c1-3-9-6-16-13(20-9)7-17-21(18,19)12-5-11(15)10(14)4-8(12)2/h4-6,17H,3,7,15H2,1-2H3. The van der Waals surface area contributed by atoms with E-state index >= 15 is 0 Å². The third-order valence-electron chi connectivity index (χ3n) is 2.95. The van der Waals surface area contributed by atoms with Crippen molar-refractivity contribution in [1.29, 1.82) is 0 Å². The van der Waals surface area contributed by atoms with Crippen LogP contribution >= 0.6 is 0 Å². The van der Waals surface area contributed by atoms with Gasteiger partial charge in [0.1, 0.15) is 11.6 Å². The second-order valence-corrected chi connectivity index (χ2v) is 6.27. The van der Waals surface area contributed by atoms with Gasteiger partial charge in [0, 0.05) is 6.42 Å². The lowest BCUT2D eigenvalue weighted by molar-refractivity contribution is 0.452. The van der Waals surface area contributed by atoms with Crippen molar-refractivity contribution >= 4 is 15.7 Å². The van der Waals surface area contributed by atoms with Crippen molar-refractivity contribution in [3.63, 3.8) is 0 Å². The van der Waals surface area contributed by atoms with E-state index in [0.717, 1.165) is 12.1 Å². The first-order valence-electron chi connectivity index (χ1n) is 6.32. The van der Waals surface area contributed by atoms with Crippen LogP contribution in [0, 0.1) is 12.7 Å². The molecule has 0 saturated carbocycles. The van der Waals surface area contributed by atoms with E-state index in [-0.39, 0.29) is 28.6 Å². The number of nitrogens with two attached hydrogens (primary N) is 1. The lowest BCUT2D eigenvalue weighted by atomic mass is 10.2. The first kappa shape index (κ1) is 15.5. The Morgan fingerprint density at radius 1 is 1.43 bits per heavy atom. The van der Waals surface area contributed by atoms with Gasteiger partial charge in [-0.25, -0.2) is 22.5 Å². The van der Waals surface area contributed by atoms with E-state index in [9.17, 15) is 12.8 Å². The molecule has 0 amide bonds. The van der Waals surface area contributed by atoms with E-state index in [4.69, 9.17) is 10.2 Å². The highest BCUT2D eigenvalue weighted by Crippen LogP contribution is 2.21. The molecule has 2 aromatic rings. The monoisotopic (exact) mass is 313 g/mol. The fourth-order valence-electron chi connectivity index (χ4n) is 1.79. The number of sulfonamides is 1. The highest BCUT2D eigenvalue weighted by Gasteiger charge is 2.19. The number of nitrogens with zero attached hydrogens (tertiary/aromatic N) is 1. The third-order valence-corrected chi connectivity index (χ3v) is 4.49. The maximum atomic E-state index is 13.3. The van der Waals surface area contributed by atoms with Gasteiger partial charge < -0.3 is 10.2 Å². The van der Waals surface area contributed by atoms with Crippen LogP contribution in [0.1, 0.15) is 24.1 Å². The Kier molecular flexibility index (Phi) is 4.29. The lowest BCUT2D eigenvalue weighted by Gasteiger charge is -2.09. The maximum absolute atomic E-state index is 13.3. The van der Waals surface area contributed by atoms with Gasteiger partial charge in [0.2, 0.25) is 15.9 Å². The van der Waals surface area contributed by atoms with Gasteiger partial charge in [-0.3, -0.25) is 0 Å². The molecule has 0 aliphatic rings. The summed E-state index contributed by atoms with van der Waals surface area (Å²) >= 11 is 0. The summed E-state index contributed by atoms with van der Waals surface area (Å²) in [5.74, 6) is 0.293. The number of benzene rings is 1. The minimum absolute atomic E-state index is 0.0660. The molecule has 2 rings (SSSR count). The fourth-order valence-corrected chi connectivity index (χ4v) is 3.02. The summed E-state index contributed by atoms with van der Waals surface area (Å²) in [7, 11) is -3.82. The second kappa shape index (κ2) is 5.82. The van der Waals surface area contributed by atoms with Gasteiger partial charge >= 0.3 is 0 Å². The fraction of sp³-hybridized carbons (Fsp3) is 0.308. The summed E-state index contributed by atoms with van der Waals surface area (Å²) in [4.78, 5) is 3.89. The molecule has 0 aliphatic carbocycles. The normalized spacial score (nSPS) is 11.8. The molecule has 21 heavy (non-hydrogen) atoms. The SMILES string of the molecule is CCc1cnc(CNS(=O)(=O)c2cc(N)c(F)cc2C)o1. The number of rotatable bonds is 5. The van der Waals surface area contributed by atoms with Crippen LogP contribution in [0.3, 0.4) is 0 Å². The molecule has 1 aromatic heterocycles. The first-order valence-corrected chi connectivity index (χ1v) is 7.80. The van der Waals surface area contributed by atoms with Crippen LogP contribution in [0.15, 0.2) is 27.6 Å². The highest BCUT2D eigenvalue weighted by atomic mass is 32.2. The smallest absolute Gasteiger partial charge is 0.241 e. The summed E-state index contributed by atoms with van der Waals surface area (Å²) in [6.45, 7) is 3.32. The minimum Gasteiger partial charge on any atom is -0.444 e. The summed E-state index contributed by atoms with van der Waals surface area (Å²) in [5.41, 5.74) is 5.47. The summed E-state index contributed by atoms with van der Waals surface area (Å²) in [6, 6.07) is 2.18. The zero-order chi connectivity index (χ0) is 15.6. The van der Waals surface area contributed by atoms with Gasteiger partial charge in [-0.2, -0.15) is 0 Å². The molecule has 0 aliphatic heterocycles. The lowest BCUT2D eigenvalue weighted by Crippen LogP contribution is -2.24. The number of aryl methyl sites for hydroxylation is 2. The quantitative estimate of drug-likeness (QED) is 0.819. The van der Waals surface area contributed by atoms with Gasteiger partial charge in [0.15, 0.2) is 0 Å². The van der Waals surface area contributed by atoms with Crippen LogP contribution in [0.5, 0.6) is 0 Å². The van der Waals surface area contributed by atoms with Crippen LogP contribution in [-0.2, 0) is 23.0 Å². The topological polar surface area (TPSA) is 98.2 Å². The van der Waals surface area contributed by atoms with Gasteiger partial charge in [-0.05, 0) is 24.6 Å². The average Bonchev–Trinajstić information content (AvgIpc) is 2.88. The van der Waals surface area contributed by atoms with Crippen LogP contribution in [0.4, 0.5) is 10.1 Å². The van der Waals surface area contributed by atoms with Crippen molar-refractivity contribution < 1.29 is 17.2 Å². The molecule has 0 unspecified atom stereocenters. The van der Waals surface area contributed by atoms with Crippen LogP contribution in [0.2, 0.25) is 0 Å². The molecule has 1 heterocycles. The molecule has 0 bridgehead atoms. The molecule has 1 aromatic carbocycles. The summed E-state index contributed by atoms with van der Waals surface area (Å²) in [6.07, 6.45) is 2.22. The molecule has 0 radical (unpaired) electrons. The third kappa shape index (κ3) is 3.40. The first-order chi connectivity index (χ1) is 9.83. The minimum atomic E-state index is -3.82.